The molecule has 0 heterocycles. The maximum atomic E-state index is 10.6. The number of carbonyl (C=O) groups excluding carboxylic acids is 1. The maximum Gasteiger partial charge on any atom is 0.131 e. The lowest BCUT2D eigenvalue weighted by Gasteiger charge is -2.49. The van der Waals surface area contributed by atoms with Crippen LogP contribution in [0.5, 0.6) is 0 Å². The van der Waals surface area contributed by atoms with Gasteiger partial charge in [0, 0.05) is 12.1 Å². The van der Waals surface area contributed by atoms with E-state index < -0.39 is 5.41 Å². The number of rotatable bonds is 3. The molecular formula is C7H14N2O2. The monoisotopic (exact) mass is 158 g/mol. The van der Waals surface area contributed by atoms with Crippen LogP contribution in [-0.4, -0.2) is 37.1 Å². The van der Waals surface area contributed by atoms with Crippen LogP contribution in [0.3, 0.4) is 0 Å². The summed E-state index contributed by atoms with van der Waals surface area (Å²) < 4.78 is 0. The van der Waals surface area contributed by atoms with Crippen LogP contribution in [0.15, 0.2) is 0 Å². The van der Waals surface area contributed by atoms with Crippen LogP contribution in [0, 0.1) is 5.41 Å². The number of nitrogens with two attached hydrogens (primary N) is 1. The first-order valence-corrected chi connectivity index (χ1v) is 3.71. The summed E-state index contributed by atoms with van der Waals surface area (Å²) in [5.74, 6) is 0. The van der Waals surface area contributed by atoms with E-state index in [0.717, 1.165) is 12.7 Å². The summed E-state index contributed by atoms with van der Waals surface area (Å²) in [6.07, 6.45) is 1.53. The van der Waals surface area contributed by atoms with Crippen LogP contribution in [0.2, 0.25) is 0 Å². The quantitative estimate of drug-likeness (QED) is 0.436. The van der Waals surface area contributed by atoms with E-state index in [1.165, 1.54) is 0 Å². The first-order chi connectivity index (χ1) is 5.21. The van der Waals surface area contributed by atoms with E-state index >= 15 is 0 Å². The Hall–Kier alpha value is -0.450. The molecule has 0 bridgehead atoms. The van der Waals surface area contributed by atoms with Crippen LogP contribution < -0.4 is 11.1 Å². The molecule has 1 saturated carbocycles. The fourth-order valence-electron chi connectivity index (χ4n) is 1.61. The van der Waals surface area contributed by atoms with Crippen molar-refractivity contribution in [3.8, 4) is 0 Å². The largest absolute Gasteiger partial charge is 0.395 e. The van der Waals surface area contributed by atoms with E-state index in [1.807, 2.05) is 0 Å². The lowest BCUT2D eigenvalue weighted by Crippen LogP contribution is -2.68. The van der Waals surface area contributed by atoms with Gasteiger partial charge in [-0.1, -0.05) is 0 Å². The fourth-order valence-corrected chi connectivity index (χ4v) is 1.61. The molecule has 0 saturated heterocycles. The van der Waals surface area contributed by atoms with Crippen LogP contribution in [0.1, 0.15) is 6.42 Å². The highest BCUT2D eigenvalue weighted by Crippen LogP contribution is 2.37. The van der Waals surface area contributed by atoms with Crippen LogP contribution >= 0.6 is 0 Å². The van der Waals surface area contributed by atoms with E-state index in [1.54, 1.807) is 7.05 Å². The molecule has 4 nitrogen and oxygen atoms in total. The molecule has 0 radical (unpaired) electrons. The van der Waals surface area contributed by atoms with Crippen LogP contribution in [-0.2, 0) is 4.79 Å². The Morgan fingerprint density at radius 3 is 2.73 bits per heavy atom. The predicted molar refractivity (Wildman–Crippen MR) is 41.0 cm³/mol. The van der Waals surface area contributed by atoms with Crippen molar-refractivity contribution in [1.82, 2.24) is 5.32 Å². The summed E-state index contributed by atoms with van der Waals surface area (Å²) in [7, 11) is 1.77. The molecule has 0 aromatic heterocycles. The molecular weight excluding hydrogens is 144 g/mol. The Bertz CT molecular complexity index is 163. The second-order valence-corrected chi connectivity index (χ2v) is 3.07. The smallest absolute Gasteiger partial charge is 0.131 e. The van der Waals surface area contributed by atoms with E-state index in [9.17, 15) is 4.79 Å². The zero-order valence-electron chi connectivity index (χ0n) is 6.58. The Kier molecular flexibility index (Phi) is 2.27. The van der Waals surface area contributed by atoms with Gasteiger partial charge in [-0.3, -0.25) is 0 Å². The second-order valence-electron chi connectivity index (χ2n) is 3.07. The van der Waals surface area contributed by atoms with E-state index in [0.29, 0.717) is 0 Å². The minimum atomic E-state index is -0.727. The number of nitrogens with one attached hydrogen (secondary N) is 1. The number of aliphatic hydroxyl groups excluding tert-OH is 1. The van der Waals surface area contributed by atoms with Gasteiger partial charge in [0.25, 0.3) is 0 Å². The average molecular weight is 158 g/mol. The first kappa shape index (κ1) is 8.64. The Labute approximate surface area is 65.8 Å². The van der Waals surface area contributed by atoms with Gasteiger partial charge in [-0.2, -0.15) is 0 Å². The van der Waals surface area contributed by atoms with Gasteiger partial charge in [0.05, 0.1) is 12.0 Å². The topological polar surface area (TPSA) is 75.3 Å². The Morgan fingerprint density at radius 2 is 2.55 bits per heavy atom. The van der Waals surface area contributed by atoms with Crippen molar-refractivity contribution in [1.29, 1.82) is 0 Å². The number of aldehydes is 1. The highest BCUT2D eigenvalue weighted by atomic mass is 16.3. The van der Waals surface area contributed by atoms with Gasteiger partial charge in [0.1, 0.15) is 6.29 Å². The number of aliphatic hydroxyl groups is 1. The van der Waals surface area contributed by atoms with Crippen molar-refractivity contribution in [2.45, 2.75) is 18.5 Å². The van der Waals surface area contributed by atoms with Gasteiger partial charge < -0.3 is 21.0 Å². The van der Waals surface area contributed by atoms with Crippen molar-refractivity contribution >= 4 is 6.29 Å². The highest BCUT2D eigenvalue weighted by molar-refractivity contribution is 5.65. The molecule has 4 heteroatoms. The molecule has 1 aliphatic carbocycles. The molecule has 11 heavy (non-hydrogen) atoms. The molecule has 0 aromatic rings. The molecule has 3 atom stereocenters. The van der Waals surface area contributed by atoms with Crippen molar-refractivity contribution < 1.29 is 9.90 Å². The summed E-state index contributed by atoms with van der Waals surface area (Å²) in [5.41, 5.74) is 4.89. The zero-order chi connectivity index (χ0) is 8.48. The standard InChI is InChI=1S/C7H14N2O2/c1-9-6-2-5(8)7(6,3-10)4-11/h3,5-6,9,11H,2,4,8H2,1H3. The molecule has 4 N–H and O–H groups in total. The molecule has 64 valence electrons. The molecule has 0 amide bonds. The summed E-state index contributed by atoms with van der Waals surface area (Å²) in [4.78, 5) is 10.6. The SMILES string of the molecule is CNC1CC(N)C1(C=O)CO. The first-order valence-electron chi connectivity index (χ1n) is 3.71. The third-order valence-corrected chi connectivity index (χ3v) is 2.67. The van der Waals surface area contributed by atoms with Crippen molar-refractivity contribution in [3.63, 3.8) is 0 Å². The lowest BCUT2D eigenvalue weighted by molar-refractivity contribution is -0.129. The molecule has 3 unspecified atom stereocenters. The molecule has 1 aliphatic rings. The van der Waals surface area contributed by atoms with Crippen LogP contribution in [0.4, 0.5) is 0 Å². The van der Waals surface area contributed by atoms with Gasteiger partial charge in [-0.25, -0.2) is 0 Å². The molecule has 1 rings (SSSR count). The minimum Gasteiger partial charge on any atom is -0.395 e. The summed E-state index contributed by atoms with van der Waals surface area (Å²) in [5, 5.41) is 11.9. The number of hydrogen-bond acceptors (Lipinski definition) is 4. The van der Waals surface area contributed by atoms with Crippen molar-refractivity contribution in [2.24, 2.45) is 11.1 Å². The van der Waals surface area contributed by atoms with Crippen LogP contribution in [0.25, 0.3) is 0 Å². The summed E-state index contributed by atoms with van der Waals surface area (Å²) >= 11 is 0. The third kappa shape index (κ3) is 0.982. The van der Waals surface area contributed by atoms with Gasteiger partial charge in [-0.05, 0) is 13.5 Å². The van der Waals surface area contributed by atoms with Gasteiger partial charge in [0.2, 0.25) is 0 Å². The highest BCUT2D eigenvalue weighted by Gasteiger charge is 2.52. The Balaban J connectivity index is 2.70. The van der Waals surface area contributed by atoms with Crippen molar-refractivity contribution in [3.05, 3.63) is 0 Å². The minimum absolute atomic E-state index is 0.0417. The molecule has 0 aliphatic heterocycles. The molecule has 1 fully saturated rings. The zero-order valence-corrected chi connectivity index (χ0v) is 6.58. The predicted octanol–water partition coefficient (Wildman–Crippen LogP) is -1.52. The Morgan fingerprint density at radius 1 is 1.91 bits per heavy atom. The van der Waals surface area contributed by atoms with Gasteiger partial charge >= 0.3 is 0 Å². The van der Waals surface area contributed by atoms with Crippen molar-refractivity contribution in [2.75, 3.05) is 13.7 Å². The van der Waals surface area contributed by atoms with E-state index in [-0.39, 0.29) is 18.7 Å². The summed E-state index contributed by atoms with van der Waals surface area (Å²) in [6, 6.07) is -0.151. The van der Waals surface area contributed by atoms with E-state index in [2.05, 4.69) is 5.32 Å². The number of carbonyl (C=O) groups is 1. The summed E-state index contributed by atoms with van der Waals surface area (Å²) in [6.45, 7) is -0.164. The maximum absolute atomic E-state index is 10.6. The fraction of sp³-hybridized carbons (Fsp3) is 0.857. The molecule has 0 aromatic carbocycles. The van der Waals surface area contributed by atoms with Gasteiger partial charge in [-0.15, -0.1) is 0 Å². The lowest BCUT2D eigenvalue weighted by atomic mass is 9.62. The average Bonchev–Trinajstić information content (AvgIpc) is 2.02. The molecule has 0 spiro atoms. The second kappa shape index (κ2) is 2.89. The van der Waals surface area contributed by atoms with Gasteiger partial charge in [0.15, 0.2) is 0 Å². The number of hydrogen-bond donors (Lipinski definition) is 3. The normalized spacial score (nSPS) is 43.2. The third-order valence-electron chi connectivity index (χ3n) is 2.67. The van der Waals surface area contributed by atoms with E-state index in [4.69, 9.17) is 10.8 Å².